The van der Waals surface area contributed by atoms with Crippen LogP contribution in [-0.2, 0) is 10.0 Å². The normalized spacial score (nSPS) is 20.4. The molecule has 1 aromatic carbocycles. The molecule has 1 heterocycles. The van der Waals surface area contributed by atoms with E-state index in [0.29, 0.717) is 23.0 Å². The van der Waals surface area contributed by atoms with Gasteiger partial charge in [-0.2, -0.15) is 0 Å². The maximum absolute atomic E-state index is 12.3. The standard InChI is InChI=1S/C13H19ClN2O2S/c1-10-4-5-12(14)7-13(10)19(17,18)16-9-11-3-2-6-15-8-11/h4-5,7,11,15-16H,2-3,6,8-9H2,1H3. The minimum Gasteiger partial charge on any atom is -0.316 e. The van der Waals surface area contributed by atoms with Gasteiger partial charge in [-0.15, -0.1) is 0 Å². The van der Waals surface area contributed by atoms with Crippen molar-refractivity contribution in [3.05, 3.63) is 28.8 Å². The Morgan fingerprint density at radius 2 is 2.26 bits per heavy atom. The SMILES string of the molecule is Cc1ccc(Cl)cc1S(=O)(=O)NCC1CCCNC1. The molecule has 1 unspecified atom stereocenters. The Kier molecular flexibility index (Phi) is 4.84. The summed E-state index contributed by atoms with van der Waals surface area (Å²) in [7, 11) is -3.48. The number of rotatable bonds is 4. The van der Waals surface area contributed by atoms with E-state index in [-0.39, 0.29) is 4.90 Å². The lowest BCUT2D eigenvalue weighted by molar-refractivity contribution is 0.376. The van der Waals surface area contributed by atoms with Crippen molar-refractivity contribution in [2.45, 2.75) is 24.7 Å². The number of aryl methyl sites for hydroxylation is 1. The maximum atomic E-state index is 12.3. The van der Waals surface area contributed by atoms with E-state index >= 15 is 0 Å². The largest absolute Gasteiger partial charge is 0.316 e. The average Bonchev–Trinajstić information content (AvgIpc) is 2.40. The van der Waals surface area contributed by atoms with Crippen LogP contribution in [0.15, 0.2) is 23.1 Å². The van der Waals surface area contributed by atoms with Gasteiger partial charge in [-0.05, 0) is 56.5 Å². The van der Waals surface area contributed by atoms with Crippen LogP contribution in [0.25, 0.3) is 0 Å². The molecule has 1 aromatic rings. The van der Waals surface area contributed by atoms with Crippen LogP contribution in [0, 0.1) is 12.8 Å². The number of piperidine rings is 1. The highest BCUT2D eigenvalue weighted by atomic mass is 35.5. The zero-order valence-electron chi connectivity index (χ0n) is 10.9. The fourth-order valence-electron chi connectivity index (χ4n) is 2.27. The lowest BCUT2D eigenvalue weighted by atomic mass is 10.0. The first kappa shape index (κ1) is 14.8. The Morgan fingerprint density at radius 1 is 1.47 bits per heavy atom. The van der Waals surface area contributed by atoms with Crippen molar-refractivity contribution in [2.24, 2.45) is 5.92 Å². The van der Waals surface area contributed by atoms with Crippen LogP contribution in [-0.4, -0.2) is 28.1 Å². The molecule has 1 aliphatic heterocycles. The number of hydrogen-bond acceptors (Lipinski definition) is 3. The third kappa shape index (κ3) is 3.92. The quantitative estimate of drug-likeness (QED) is 0.893. The average molecular weight is 303 g/mol. The molecule has 0 aromatic heterocycles. The van der Waals surface area contributed by atoms with E-state index < -0.39 is 10.0 Å². The second-order valence-electron chi connectivity index (χ2n) is 4.97. The van der Waals surface area contributed by atoms with Gasteiger partial charge in [0.05, 0.1) is 4.90 Å². The van der Waals surface area contributed by atoms with Gasteiger partial charge in [0.2, 0.25) is 10.0 Å². The molecule has 106 valence electrons. The molecule has 0 aliphatic carbocycles. The molecular weight excluding hydrogens is 284 g/mol. The highest BCUT2D eigenvalue weighted by molar-refractivity contribution is 7.89. The van der Waals surface area contributed by atoms with Crippen molar-refractivity contribution in [1.29, 1.82) is 0 Å². The predicted molar refractivity (Wildman–Crippen MR) is 77.0 cm³/mol. The lowest BCUT2D eigenvalue weighted by Gasteiger charge is -2.23. The number of benzene rings is 1. The second kappa shape index (κ2) is 6.22. The molecule has 1 saturated heterocycles. The van der Waals surface area contributed by atoms with Crippen LogP contribution in [0.2, 0.25) is 5.02 Å². The highest BCUT2D eigenvalue weighted by Crippen LogP contribution is 2.20. The number of sulfonamides is 1. The van der Waals surface area contributed by atoms with Crippen molar-refractivity contribution in [1.82, 2.24) is 10.0 Å². The van der Waals surface area contributed by atoms with Crippen molar-refractivity contribution in [2.75, 3.05) is 19.6 Å². The first-order valence-corrected chi connectivity index (χ1v) is 8.32. The minimum atomic E-state index is -3.48. The second-order valence-corrected chi connectivity index (χ2v) is 7.15. The first-order valence-electron chi connectivity index (χ1n) is 6.45. The van der Waals surface area contributed by atoms with Crippen molar-refractivity contribution in [3.63, 3.8) is 0 Å². The zero-order chi connectivity index (χ0) is 13.9. The molecule has 0 amide bonds. The van der Waals surface area contributed by atoms with E-state index in [2.05, 4.69) is 10.0 Å². The minimum absolute atomic E-state index is 0.267. The Labute approximate surface area is 119 Å². The summed E-state index contributed by atoms with van der Waals surface area (Å²) in [5.41, 5.74) is 0.707. The Balaban J connectivity index is 2.07. The van der Waals surface area contributed by atoms with Crippen LogP contribution < -0.4 is 10.0 Å². The van der Waals surface area contributed by atoms with Gasteiger partial charge in [0.25, 0.3) is 0 Å². The first-order chi connectivity index (χ1) is 8.99. The van der Waals surface area contributed by atoms with Gasteiger partial charge in [-0.3, -0.25) is 0 Å². The van der Waals surface area contributed by atoms with Gasteiger partial charge in [-0.25, -0.2) is 13.1 Å². The summed E-state index contributed by atoms with van der Waals surface area (Å²) in [6, 6.07) is 4.92. The van der Waals surface area contributed by atoms with E-state index in [0.717, 1.165) is 25.9 Å². The van der Waals surface area contributed by atoms with Crippen LogP contribution in [0.4, 0.5) is 0 Å². The van der Waals surface area contributed by atoms with Gasteiger partial charge < -0.3 is 5.32 Å². The fourth-order valence-corrected chi connectivity index (χ4v) is 3.89. The molecule has 0 radical (unpaired) electrons. The molecule has 1 aliphatic rings. The van der Waals surface area contributed by atoms with E-state index in [4.69, 9.17) is 11.6 Å². The van der Waals surface area contributed by atoms with Gasteiger partial charge in [0.1, 0.15) is 0 Å². The van der Waals surface area contributed by atoms with Crippen molar-refractivity contribution in [3.8, 4) is 0 Å². The van der Waals surface area contributed by atoms with Crippen LogP contribution >= 0.6 is 11.6 Å². The van der Waals surface area contributed by atoms with Crippen LogP contribution in [0.1, 0.15) is 18.4 Å². The molecule has 0 saturated carbocycles. The molecule has 2 N–H and O–H groups in total. The summed E-state index contributed by atoms with van der Waals surface area (Å²) in [6.07, 6.45) is 2.16. The zero-order valence-corrected chi connectivity index (χ0v) is 12.5. The third-order valence-corrected chi connectivity index (χ3v) is 5.20. The summed E-state index contributed by atoms with van der Waals surface area (Å²) >= 11 is 5.87. The van der Waals surface area contributed by atoms with E-state index in [1.54, 1.807) is 19.1 Å². The molecule has 4 nitrogen and oxygen atoms in total. The molecule has 1 fully saturated rings. The Morgan fingerprint density at radius 3 is 2.95 bits per heavy atom. The number of nitrogens with one attached hydrogen (secondary N) is 2. The van der Waals surface area contributed by atoms with Gasteiger partial charge in [0, 0.05) is 11.6 Å². The molecular formula is C13H19ClN2O2S. The number of halogens is 1. The lowest BCUT2D eigenvalue weighted by Crippen LogP contribution is -2.38. The summed E-state index contributed by atoms with van der Waals surface area (Å²) in [6.45, 7) is 4.14. The Hall–Kier alpha value is -0.620. The van der Waals surface area contributed by atoms with Gasteiger partial charge in [0.15, 0.2) is 0 Å². The monoisotopic (exact) mass is 302 g/mol. The van der Waals surface area contributed by atoms with Gasteiger partial charge >= 0.3 is 0 Å². The molecule has 0 spiro atoms. The Bertz CT molecular complexity index is 540. The number of hydrogen-bond donors (Lipinski definition) is 2. The fraction of sp³-hybridized carbons (Fsp3) is 0.538. The van der Waals surface area contributed by atoms with Crippen LogP contribution in [0.3, 0.4) is 0 Å². The van der Waals surface area contributed by atoms with Crippen LogP contribution in [0.5, 0.6) is 0 Å². The molecule has 2 rings (SSSR count). The summed E-state index contributed by atoms with van der Waals surface area (Å²) in [5, 5.41) is 3.71. The summed E-state index contributed by atoms with van der Waals surface area (Å²) in [5.74, 6) is 0.364. The highest BCUT2D eigenvalue weighted by Gasteiger charge is 2.20. The van der Waals surface area contributed by atoms with Crippen molar-refractivity contribution >= 4 is 21.6 Å². The molecule has 0 bridgehead atoms. The smallest absolute Gasteiger partial charge is 0.240 e. The predicted octanol–water partition coefficient (Wildman–Crippen LogP) is 1.93. The molecule has 19 heavy (non-hydrogen) atoms. The van der Waals surface area contributed by atoms with Crippen molar-refractivity contribution < 1.29 is 8.42 Å². The molecule has 1 atom stereocenters. The van der Waals surface area contributed by atoms with E-state index in [9.17, 15) is 8.42 Å². The maximum Gasteiger partial charge on any atom is 0.240 e. The summed E-state index contributed by atoms with van der Waals surface area (Å²) < 4.78 is 27.2. The summed E-state index contributed by atoms with van der Waals surface area (Å²) in [4.78, 5) is 0.267. The topological polar surface area (TPSA) is 58.2 Å². The van der Waals surface area contributed by atoms with E-state index in [1.807, 2.05) is 0 Å². The van der Waals surface area contributed by atoms with Gasteiger partial charge in [-0.1, -0.05) is 17.7 Å². The third-order valence-electron chi connectivity index (χ3n) is 3.40. The van der Waals surface area contributed by atoms with E-state index in [1.165, 1.54) is 6.07 Å². The molecule has 6 heteroatoms.